The van der Waals surface area contributed by atoms with Gasteiger partial charge in [-0.2, -0.15) is 0 Å². The number of carbonyl (C=O) groups excluding carboxylic acids is 3. The van der Waals surface area contributed by atoms with Crippen LogP contribution in [0, 0.1) is 0 Å². The van der Waals surface area contributed by atoms with Crippen molar-refractivity contribution >= 4 is 29.2 Å². The molecule has 0 fully saturated rings. The lowest BCUT2D eigenvalue weighted by atomic mass is 9.95. The second-order valence-corrected chi connectivity index (χ2v) is 7.38. The van der Waals surface area contributed by atoms with Gasteiger partial charge < -0.3 is 14.8 Å². The van der Waals surface area contributed by atoms with Gasteiger partial charge in [0.05, 0.1) is 23.5 Å². The van der Waals surface area contributed by atoms with E-state index in [1.807, 2.05) is 6.07 Å². The van der Waals surface area contributed by atoms with E-state index in [1.165, 1.54) is 11.8 Å². The SMILES string of the molecule is COCc1cccc(C(=O)O[C@H](C)C(=O)N2c3ccccc3NC(=O)C2(C)C)c1. The number of nitrogens with one attached hydrogen (secondary N) is 1. The molecule has 2 aromatic carbocycles. The molecular weight excluding hydrogens is 372 g/mol. The number of amides is 2. The van der Waals surface area contributed by atoms with Crippen molar-refractivity contribution in [2.45, 2.75) is 39.0 Å². The Morgan fingerprint density at radius 1 is 1.14 bits per heavy atom. The number of fused-ring (bicyclic) bond motifs is 1. The normalized spacial score (nSPS) is 15.9. The van der Waals surface area contributed by atoms with Crippen LogP contribution in [0.2, 0.25) is 0 Å². The molecule has 0 aliphatic carbocycles. The molecule has 152 valence electrons. The number of benzene rings is 2. The molecule has 2 amide bonds. The van der Waals surface area contributed by atoms with E-state index in [9.17, 15) is 14.4 Å². The largest absolute Gasteiger partial charge is 0.449 e. The van der Waals surface area contributed by atoms with Crippen LogP contribution in [-0.4, -0.2) is 36.5 Å². The third-order valence-electron chi connectivity index (χ3n) is 4.83. The van der Waals surface area contributed by atoms with Gasteiger partial charge in [0, 0.05) is 7.11 Å². The first kappa shape index (κ1) is 20.5. The smallest absolute Gasteiger partial charge is 0.338 e. The highest BCUT2D eigenvalue weighted by molar-refractivity contribution is 6.15. The summed E-state index contributed by atoms with van der Waals surface area (Å²) in [5.74, 6) is -1.40. The molecule has 1 atom stereocenters. The van der Waals surface area contributed by atoms with Crippen molar-refractivity contribution in [3.05, 3.63) is 59.7 Å². The molecule has 3 rings (SSSR count). The fourth-order valence-electron chi connectivity index (χ4n) is 3.26. The molecular formula is C22H24N2O5. The van der Waals surface area contributed by atoms with Gasteiger partial charge in [0.2, 0.25) is 5.91 Å². The number of esters is 1. The lowest BCUT2D eigenvalue weighted by Gasteiger charge is -2.42. The van der Waals surface area contributed by atoms with Gasteiger partial charge in [-0.05, 0) is 50.6 Å². The van der Waals surface area contributed by atoms with E-state index in [-0.39, 0.29) is 5.91 Å². The molecule has 2 aromatic rings. The van der Waals surface area contributed by atoms with E-state index in [0.717, 1.165) is 5.56 Å². The number of hydrogen-bond donors (Lipinski definition) is 1. The lowest BCUT2D eigenvalue weighted by molar-refractivity contribution is -0.131. The van der Waals surface area contributed by atoms with E-state index in [4.69, 9.17) is 9.47 Å². The van der Waals surface area contributed by atoms with E-state index < -0.39 is 23.5 Å². The van der Waals surface area contributed by atoms with Crippen LogP contribution >= 0.6 is 0 Å². The monoisotopic (exact) mass is 396 g/mol. The van der Waals surface area contributed by atoms with Crippen molar-refractivity contribution in [3.63, 3.8) is 0 Å². The fraction of sp³-hybridized carbons (Fsp3) is 0.318. The average molecular weight is 396 g/mol. The Bertz CT molecular complexity index is 954. The van der Waals surface area contributed by atoms with E-state index in [2.05, 4.69) is 5.32 Å². The maximum atomic E-state index is 13.2. The van der Waals surface area contributed by atoms with Crippen LogP contribution in [0.15, 0.2) is 48.5 Å². The van der Waals surface area contributed by atoms with Crippen LogP contribution in [0.1, 0.15) is 36.7 Å². The maximum Gasteiger partial charge on any atom is 0.338 e. The molecule has 0 unspecified atom stereocenters. The van der Waals surface area contributed by atoms with Crippen LogP contribution in [-0.2, 0) is 25.7 Å². The molecule has 0 aromatic heterocycles. The van der Waals surface area contributed by atoms with Crippen molar-refractivity contribution in [2.24, 2.45) is 0 Å². The Labute approximate surface area is 169 Å². The van der Waals surface area contributed by atoms with Gasteiger partial charge in [0.15, 0.2) is 6.10 Å². The molecule has 29 heavy (non-hydrogen) atoms. The number of methoxy groups -OCH3 is 1. The predicted octanol–water partition coefficient (Wildman–Crippen LogP) is 3.14. The Hall–Kier alpha value is -3.19. The van der Waals surface area contributed by atoms with Crippen molar-refractivity contribution < 1.29 is 23.9 Å². The second kappa shape index (κ2) is 8.05. The Morgan fingerprint density at radius 2 is 1.86 bits per heavy atom. The molecule has 1 aliphatic heterocycles. The third-order valence-corrected chi connectivity index (χ3v) is 4.83. The molecule has 7 nitrogen and oxygen atoms in total. The van der Waals surface area contributed by atoms with E-state index in [1.54, 1.807) is 63.4 Å². The summed E-state index contributed by atoms with van der Waals surface area (Å²) in [5.41, 5.74) is 1.12. The minimum absolute atomic E-state index is 0.310. The average Bonchev–Trinajstić information content (AvgIpc) is 2.69. The molecule has 7 heteroatoms. The number of rotatable bonds is 5. The zero-order valence-electron chi connectivity index (χ0n) is 16.9. The molecule has 0 saturated heterocycles. The lowest BCUT2D eigenvalue weighted by Crippen LogP contribution is -2.60. The summed E-state index contributed by atoms with van der Waals surface area (Å²) < 4.78 is 10.5. The highest BCUT2D eigenvalue weighted by Gasteiger charge is 2.45. The molecule has 0 spiro atoms. The predicted molar refractivity (Wildman–Crippen MR) is 109 cm³/mol. The summed E-state index contributed by atoms with van der Waals surface area (Å²) in [6.45, 7) is 5.17. The second-order valence-electron chi connectivity index (χ2n) is 7.38. The molecule has 1 N–H and O–H groups in total. The van der Waals surface area contributed by atoms with Gasteiger partial charge in [0.1, 0.15) is 5.54 Å². The minimum Gasteiger partial charge on any atom is -0.449 e. The van der Waals surface area contributed by atoms with E-state index in [0.29, 0.717) is 23.5 Å². The van der Waals surface area contributed by atoms with Gasteiger partial charge >= 0.3 is 5.97 Å². The highest BCUT2D eigenvalue weighted by Crippen LogP contribution is 2.37. The zero-order valence-corrected chi connectivity index (χ0v) is 16.9. The fourth-order valence-corrected chi connectivity index (χ4v) is 3.26. The van der Waals surface area contributed by atoms with Crippen LogP contribution in [0.4, 0.5) is 11.4 Å². The minimum atomic E-state index is -1.13. The number of ether oxygens (including phenoxy) is 2. The highest BCUT2D eigenvalue weighted by atomic mass is 16.5. The summed E-state index contributed by atoms with van der Waals surface area (Å²) in [4.78, 5) is 39.7. The first-order valence-electron chi connectivity index (χ1n) is 9.29. The summed E-state index contributed by atoms with van der Waals surface area (Å²) >= 11 is 0. The number of hydrogen-bond acceptors (Lipinski definition) is 5. The van der Waals surface area contributed by atoms with Crippen LogP contribution in [0.3, 0.4) is 0 Å². The van der Waals surface area contributed by atoms with Crippen LogP contribution < -0.4 is 10.2 Å². The van der Waals surface area contributed by atoms with Gasteiger partial charge in [-0.25, -0.2) is 4.79 Å². The molecule has 1 aliphatic rings. The molecule has 0 radical (unpaired) electrons. The molecule has 0 saturated carbocycles. The molecule has 0 bridgehead atoms. The summed E-state index contributed by atoms with van der Waals surface area (Å²) in [6, 6.07) is 13.9. The van der Waals surface area contributed by atoms with Crippen LogP contribution in [0.5, 0.6) is 0 Å². The van der Waals surface area contributed by atoms with Crippen LogP contribution in [0.25, 0.3) is 0 Å². The number of para-hydroxylation sites is 2. The Balaban J connectivity index is 1.83. The summed E-state index contributed by atoms with van der Waals surface area (Å²) in [7, 11) is 1.57. The van der Waals surface area contributed by atoms with Crippen molar-refractivity contribution in [1.82, 2.24) is 0 Å². The van der Waals surface area contributed by atoms with Gasteiger partial charge in [-0.15, -0.1) is 0 Å². The van der Waals surface area contributed by atoms with Gasteiger partial charge in [-0.3, -0.25) is 14.5 Å². The number of nitrogens with zero attached hydrogens (tertiary/aromatic N) is 1. The van der Waals surface area contributed by atoms with Crippen molar-refractivity contribution in [1.29, 1.82) is 0 Å². The zero-order chi connectivity index (χ0) is 21.2. The third kappa shape index (κ3) is 4.00. The van der Waals surface area contributed by atoms with Crippen molar-refractivity contribution in [2.75, 3.05) is 17.3 Å². The van der Waals surface area contributed by atoms with Gasteiger partial charge in [0.25, 0.3) is 5.91 Å². The maximum absolute atomic E-state index is 13.2. The molecule has 1 heterocycles. The standard InChI is InChI=1S/C22H24N2O5/c1-14(29-20(26)16-9-7-8-15(12-16)13-28-4)19(25)24-18-11-6-5-10-17(18)23-21(27)22(24,2)3/h5-12,14H,13H2,1-4H3,(H,23,27)/t14-/m1/s1. The number of carbonyl (C=O) groups is 3. The Kier molecular flexibility index (Phi) is 5.70. The van der Waals surface area contributed by atoms with Crippen molar-refractivity contribution in [3.8, 4) is 0 Å². The first-order valence-corrected chi connectivity index (χ1v) is 9.29. The topological polar surface area (TPSA) is 84.9 Å². The number of anilines is 2. The van der Waals surface area contributed by atoms with Gasteiger partial charge in [-0.1, -0.05) is 24.3 Å². The first-order chi connectivity index (χ1) is 13.8. The quantitative estimate of drug-likeness (QED) is 0.785. The Morgan fingerprint density at radius 3 is 2.59 bits per heavy atom. The summed E-state index contributed by atoms with van der Waals surface area (Å²) in [6.07, 6.45) is -1.08. The van der Waals surface area contributed by atoms with E-state index >= 15 is 0 Å². The summed E-state index contributed by atoms with van der Waals surface area (Å²) in [5, 5.41) is 2.81.